The maximum atomic E-state index is 6.07. The number of ether oxygens (including phenoxy) is 2. The highest BCUT2D eigenvalue weighted by molar-refractivity contribution is 5.35. The van der Waals surface area contributed by atoms with E-state index in [1.54, 1.807) is 0 Å². The summed E-state index contributed by atoms with van der Waals surface area (Å²) < 4.78 is 11.8. The van der Waals surface area contributed by atoms with Crippen LogP contribution >= 0.6 is 0 Å². The van der Waals surface area contributed by atoms with E-state index in [9.17, 15) is 0 Å². The lowest BCUT2D eigenvalue weighted by atomic mass is 9.87. The fraction of sp³-hybridized carbons (Fsp3) is 0.714. The van der Waals surface area contributed by atoms with Crippen LogP contribution in [0.3, 0.4) is 0 Å². The molecule has 0 amide bonds. The van der Waals surface area contributed by atoms with E-state index in [1.165, 1.54) is 44.1 Å². The summed E-state index contributed by atoms with van der Waals surface area (Å²) in [5.74, 6) is 0. The number of hydrogen-bond acceptors (Lipinski definition) is 2. The van der Waals surface area contributed by atoms with Gasteiger partial charge in [-0.1, -0.05) is 18.2 Å². The van der Waals surface area contributed by atoms with Gasteiger partial charge in [-0.05, 0) is 44.1 Å². The van der Waals surface area contributed by atoms with Crippen LogP contribution in [0.1, 0.15) is 38.5 Å². The Morgan fingerprint density at radius 2 is 2.31 bits per heavy atom. The second-order valence-corrected chi connectivity index (χ2v) is 5.47. The van der Waals surface area contributed by atoms with Crippen molar-refractivity contribution in [2.45, 2.75) is 62.4 Å². The molecule has 2 aliphatic carbocycles. The summed E-state index contributed by atoms with van der Waals surface area (Å²) in [5, 5.41) is 0. The third kappa shape index (κ3) is 1.26. The van der Waals surface area contributed by atoms with Gasteiger partial charge in [0.2, 0.25) is 0 Å². The Morgan fingerprint density at radius 3 is 3.31 bits per heavy atom. The van der Waals surface area contributed by atoms with Crippen molar-refractivity contribution < 1.29 is 9.47 Å². The first-order chi connectivity index (χ1) is 7.90. The maximum Gasteiger partial charge on any atom is 0.120 e. The van der Waals surface area contributed by atoms with Gasteiger partial charge < -0.3 is 9.47 Å². The molecule has 2 saturated heterocycles. The van der Waals surface area contributed by atoms with Crippen LogP contribution in [-0.4, -0.2) is 23.9 Å². The van der Waals surface area contributed by atoms with E-state index >= 15 is 0 Å². The lowest BCUT2D eigenvalue weighted by Gasteiger charge is -2.15. The molecule has 2 aliphatic heterocycles. The maximum absolute atomic E-state index is 6.07. The Balaban J connectivity index is 1.62. The van der Waals surface area contributed by atoms with E-state index in [0.29, 0.717) is 18.3 Å². The van der Waals surface area contributed by atoms with Gasteiger partial charge in [0.05, 0.1) is 6.10 Å². The fourth-order valence-corrected chi connectivity index (χ4v) is 3.49. The predicted molar refractivity (Wildman–Crippen MR) is 61.2 cm³/mol. The molecule has 86 valence electrons. The molecule has 4 unspecified atom stereocenters. The fourth-order valence-electron chi connectivity index (χ4n) is 3.49. The molecule has 4 rings (SSSR count). The van der Waals surface area contributed by atoms with Crippen molar-refractivity contribution in [2.24, 2.45) is 0 Å². The molecule has 3 fully saturated rings. The average molecular weight is 218 g/mol. The van der Waals surface area contributed by atoms with Crippen LogP contribution < -0.4 is 0 Å². The van der Waals surface area contributed by atoms with Crippen molar-refractivity contribution in [3.63, 3.8) is 0 Å². The van der Waals surface area contributed by atoms with Crippen LogP contribution in [-0.2, 0) is 9.47 Å². The van der Waals surface area contributed by atoms with Crippen LogP contribution in [0, 0.1) is 0 Å². The number of allylic oxidation sites excluding steroid dienone is 3. The zero-order valence-electron chi connectivity index (χ0n) is 9.52. The summed E-state index contributed by atoms with van der Waals surface area (Å²) in [6.07, 6.45) is 15.5. The summed E-state index contributed by atoms with van der Waals surface area (Å²) in [4.78, 5) is 0. The van der Waals surface area contributed by atoms with Gasteiger partial charge in [0.15, 0.2) is 0 Å². The van der Waals surface area contributed by atoms with Crippen molar-refractivity contribution in [3.8, 4) is 0 Å². The lowest BCUT2D eigenvalue weighted by molar-refractivity contribution is 0.287. The predicted octanol–water partition coefficient (Wildman–Crippen LogP) is 2.74. The molecule has 1 saturated carbocycles. The largest absolute Gasteiger partial charge is 0.367 e. The summed E-state index contributed by atoms with van der Waals surface area (Å²) in [6.45, 7) is 0. The second-order valence-electron chi connectivity index (χ2n) is 5.47. The Hall–Kier alpha value is -0.600. The van der Waals surface area contributed by atoms with Crippen molar-refractivity contribution in [2.75, 3.05) is 0 Å². The van der Waals surface area contributed by atoms with Crippen molar-refractivity contribution in [1.29, 1.82) is 0 Å². The highest BCUT2D eigenvalue weighted by Crippen LogP contribution is 2.57. The van der Waals surface area contributed by atoms with E-state index in [2.05, 4.69) is 18.2 Å². The van der Waals surface area contributed by atoms with E-state index in [1.807, 2.05) is 0 Å². The Labute approximate surface area is 96.3 Å². The molecular weight excluding hydrogens is 200 g/mol. The zero-order chi connectivity index (χ0) is 10.6. The van der Waals surface area contributed by atoms with Crippen LogP contribution in [0.5, 0.6) is 0 Å². The molecule has 0 bridgehead atoms. The minimum Gasteiger partial charge on any atom is -0.367 e. The third-order valence-corrected chi connectivity index (χ3v) is 4.49. The minimum atomic E-state index is 0.0879. The summed E-state index contributed by atoms with van der Waals surface area (Å²) in [6, 6.07) is 0. The highest BCUT2D eigenvalue weighted by Gasteiger charge is 2.69. The lowest BCUT2D eigenvalue weighted by Crippen LogP contribution is -2.20. The monoisotopic (exact) mass is 218 g/mol. The minimum absolute atomic E-state index is 0.0879. The normalized spacial score (nSPS) is 49.5. The molecule has 2 heterocycles. The third-order valence-electron chi connectivity index (χ3n) is 4.49. The van der Waals surface area contributed by atoms with Gasteiger partial charge in [0.25, 0.3) is 0 Å². The number of epoxide rings is 2. The van der Waals surface area contributed by atoms with Gasteiger partial charge in [0.1, 0.15) is 17.8 Å². The first-order valence-corrected chi connectivity index (χ1v) is 6.60. The van der Waals surface area contributed by atoms with Crippen LogP contribution in [0.4, 0.5) is 0 Å². The molecule has 16 heavy (non-hydrogen) atoms. The molecule has 2 nitrogen and oxygen atoms in total. The highest BCUT2D eigenvalue weighted by atomic mass is 16.7. The van der Waals surface area contributed by atoms with Gasteiger partial charge in [0, 0.05) is 0 Å². The van der Waals surface area contributed by atoms with Crippen LogP contribution in [0.15, 0.2) is 23.8 Å². The summed E-state index contributed by atoms with van der Waals surface area (Å²) in [5.41, 5.74) is 1.62. The standard InChI is InChI=1S/C14H18O2/c1-2-4-7-10(6-3-1)14-9-5-8-11-12(15-11)13(14)16-14/h1,3,6,11-13H,2,4-5,7-9H2. The first kappa shape index (κ1) is 9.43. The topological polar surface area (TPSA) is 25.1 Å². The smallest absolute Gasteiger partial charge is 0.120 e. The molecular formula is C14H18O2. The molecule has 0 N–H and O–H groups in total. The Bertz CT molecular complexity index is 371. The van der Waals surface area contributed by atoms with Crippen molar-refractivity contribution in [1.82, 2.24) is 0 Å². The molecule has 0 aromatic rings. The zero-order valence-corrected chi connectivity index (χ0v) is 9.52. The SMILES string of the molecule is C1=CCCCC(C23CCCC4OC4C2O3)=C1. The van der Waals surface area contributed by atoms with Gasteiger partial charge >= 0.3 is 0 Å². The Morgan fingerprint density at radius 1 is 1.31 bits per heavy atom. The summed E-state index contributed by atoms with van der Waals surface area (Å²) in [7, 11) is 0. The van der Waals surface area contributed by atoms with Crippen molar-refractivity contribution in [3.05, 3.63) is 23.8 Å². The summed E-state index contributed by atoms with van der Waals surface area (Å²) >= 11 is 0. The van der Waals surface area contributed by atoms with E-state index < -0.39 is 0 Å². The van der Waals surface area contributed by atoms with E-state index in [-0.39, 0.29) is 5.60 Å². The Kier molecular flexibility index (Phi) is 1.89. The van der Waals surface area contributed by atoms with Crippen LogP contribution in [0.2, 0.25) is 0 Å². The van der Waals surface area contributed by atoms with Gasteiger partial charge in [-0.15, -0.1) is 0 Å². The molecule has 2 heteroatoms. The molecule has 0 aromatic carbocycles. The molecule has 4 atom stereocenters. The van der Waals surface area contributed by atoms with Gasteiger partial charge in [-0.25, -0.2) is 0 Å². The van der Waals surface area contributed by atoms with Crippen LogP contribution in [0.25, 0.3) is 0 Å². The molecule has 0 spiro atoms. The molecule has 0 aromatic heterocycles. The van der Waals surface area contributed by atoms with Crippen molar-refractivity contribution >= 4 is 0 Å². The first-order valence-electron chi connectivity index (χ1n) is 6.60. The average Bonchev–Trinajstić information content (AvgIpc) is 3.12. The number of rotatable bonds is 1. The van der Waals surface area contributed by atoms with Gasteiger partial charge in [-0.2, -0.15) is 0 Å². The van der Waals surface area contributed by atoms with E-state index in [4.69, 9.17) is 9.47 Å². The number of hydrogen-bond donors (Lipinski definition) is 0. The molecule has 0 radical (unpaired) electrons. The number of fused-ring (bicyclic) bond motifs is 3. The van der Waals surface area contributed by atoms with Gasteiger partial charge in [-0.3, -0.25) is 0 Å². The van der Waals surface area contributed by atoms with E-state index in [0.717, 1.165) is 0 Å². The second kappa shape index (κ2) is 3.21. The quantitative estimate of drug-likeness (QED) is 0.632. The molecule has 4 aliphatic rings.